The number of rotatable bonds is 45. The highest BCUT2D eigenvalue weighted by atomic mass is 16.5. The van der Waals surface area contributed by atoms with Crippen LogP contribution in [-0.2, 0) is 14.3 Å². The fourth-order valence-electron chi connectivity index (χ4n) is 7.68. The molecule has 0 aromatic rings. The van der Waals surface area contributed by atoms with Crippen LogP contribution in [0.3, 0.4) is 0 Å². The summed E-state index contributed by atoms with van der Waals surface area (Å²) in [5.41, 5.74) is 0. The first-order valence-electron chi connectivity index (χ1n) is 25.2. The Balaban J connectivity index is 4.55. The molecule has 0 aliphatic carbocycles. The van der Waals surface area contributed by atoms with E-state index in [0.29, 0.717) is 19.3 Å². The fraction of sp³-hybridized carbons (Fsp3) is 0.846. The summed E-state index contributed by atoms with van der Waals surface area (Å²) in [6, 6.07) is -0.705. The lowest BCUT2D eigenvalue weighted by molar-refractivity contribution is -0.151. The van der Waals surface area contributed by atoms with E-state index in [-0.39, 0.29) is 24.9 Å². The highest BCUT2D eigenvalue weighted by molar-refractivity contribution is 5.77. The molecule has 0 saturated heterocycles. The zero-order chi connectivity index (χ0) is 42.4. The molecule has 3 atom stereocenters. The number of hydrogen-bond acceptors (Lipinski definition) is 5. The van der Waals surface area contributed by atoms with Crippen molar-refractivity contribution in [1.82, 2.24) is 5.32 Å². The van der Waals surface area contributed by atoms with Gasteiger partial charge in [-0.25, -0.2) is 0 Å². The molecule has 6 nitrogen and oxygen atoms in total. The van der Waals surface area contributed by atoms with Gasteiger partial charge in [-0.05, 0) is 57.8 Å². The van der Waals surface area contributed by atoms with Crippen LogP contribution in [0.25, 0.3) is 0 Å². The van der Waals surface area contributed by atoms with Crippen LogP contribution < -0.4 is 5.32 Å². The molecule has 0 aliphatic rings. The predicted octanol–water partition coefficient (Wildman–Crippen LogP) is 14.9. The Morgan fingerprint density at radius 3 is 1.41 bits per heavy atom. The highest BCUT2D eigenvalue weighted by Crippen LogP contribution is 2.18. The van der Waals surface area contributed by atoms with Crippen molar-refractivity contribution in [3.63, 3.8) is 0 Å². The normalized spacial score (nSPS) is 13.5. The summed E-state index contributed by atoms with van der Waals surface area (Å²) >= 11 is 0. The Bertz CT molecular complexity index is 961. The van der Waals surface area contributed by atoms with Gasteiger partial charge in [-0.3, -0.25) is 9.59 Å². The van der Waals surface area contributed by atoms with E-state index in [4.69, 9.17) is 4.74 Å². The van der Waals surface area contributed by atoms with Crippen LogP contribution in [0.15, 0.2) is 36.5 Å². The van der Waals surface area contributed by atoms with Crippen molar-refractivity contribution in [2.45, 2.75) is 277 Å². The average molecular weight is 816 g/mol. The van der Waals surface area contributed by atoms with E-state index in [1.165, 1.54) is 122 Å². The molecule has 0 bridgehead atoms. The minimum absolute atomic E-state index is 0.0659. The van der Waals surface area contributed by atoms with Gasteiger partial charge >= 0.3 is 5.97 Å². The molecule has 0 rings (SSSR count). The lowest BCUT2D eigenvalue weighted by Crippen LogP contribution is -2.46. The van der Waals surface area contributed by atoms with E-state index in [1.54, 1.807) is 0 Å². The second-order valence-electron chi connectivity index (χ2n) is 17.2. The van der Waals surface area contributed by atoms with Crippen LogP contribution >= 0.6 is 0 Å². The topological polar surface area (TPSA) is 95.9 Å². The molecule has 0 fully saturated rings. The van der Waals surface area contributed by atoms with Crippen LogP contribution in [0, 0.1) is 0 Å². The molecule has 3 N–H and O–H groups in total. The minimum atomic E-state index is -0.790. The van der Waals surface area contributed by atoms with Crippen molar-refractivity contribution in [3.05, 3.63) is 36.5 Å². The van der Waals surface area contributed by atoms with Crippen molar-refractivity contribution in [1.29, 1.82) is 0 Å². The van der Waals surface area contributed by atoms with E-state index in [2.05, 4.69) is 62.5 Å². The zero-order valence-corrected chi connectivity index (χ0v) is 38.7. The van der Waals surface area contributed by atoms with Gasteiger partial charge in [0.15, 0.2) is 0 Å². The van der Waals surface area contributed by atoms with Gasteiger partial charge in [-0.1, -0.05) is 224 Å². The third kappa shape index (κ3) is 40.8. The van der Waals surface area contributed by atoms with Crippen LogP contribution in [0.4, 0.5) is 0 Å². The van der Waals surface area contributed by atoms with Crippen LogP contribution in [-0.4, -0.2) is 46.9 Å². The molecule has 6 heteroatoms. The minimum Gasteiger partial charge on any atom is -0.462 e. The van der Waals surface area contributed by atoms with E-state index in [1.807, 2.05) is 0 Å². The first-order valence-corrected chi connectivity index (χ1v) is 25.2. The SMILES string of the molecule is CC/C=C/C/C=C/C/C=C/CCCCCCC(CC(=O)NC(CO)C(O)CCCCCCCCCCCCCCCCC)OC(=O)CCCCCCCCCCCC. The molecule has 3 unspecified atom stereocenters. The number of aliphatic hydroxyl groups excluding tert-OH is 2. The summed E-state index contributed by atoms with van der Waals surface area (Å²) in [5.74, 6) is -0.489. The van der Waals surface area contributed by atoms with E-state index < -0.39 is 18.2 Å². The van der Waals surface area contributed by atoms with Gasteiger partial charge < -0.3 is 20.3 Å². The molecule has 0 aromatic carbocycles. The van der Waals surface area contributed by atoms with Crippen LogP contribution in [0.2, 0.25) is 0 Å². The Labute approximate surface area is 360 Å². The monoisotopic (exact) mass is 816 g/mol. The smallest absolute Gasteiger partial charge is 0.306 e. The molecule has 1 amide bonds. The molecule has 0 aromatic heterocycles. The van der Waals surface area contributed by atoms with Gasteiger partial charge in [0.25, 0.3) is 0 Å². The average Bonchev–Trinajstić information content (AvgIpc) is 3.22. The molecule has 58 heavy (non-hydrogen) atoms. The number of amides is 1. The highest BCUT2D eigenvalue weighted by Gasteiger charge is 2.24. The van der Waals surface area contributed by atoms with Crippen molar-refractivity contribution in [2.24, 2.45) is 0 Å². The first-order chi connectivity index (χ1) is 28.5. The summed E-state index contributed by atoms with van der Waals surface area (Å²) in [6.07, 6.45) is 53.5. The second-order valence-corrected chi connectivity index (χ2v) is 17.2. The van der Waals surface area contributed by atoms with Crippen molar-refractivity contribution < 1.29 is 24.5 Å². The zero-order valence-electron chi connectivity index (χ0n) is 38.7. The Hall–Kier alpha value is -1.92. The van der Waals surface area contributed by atoms with E-state index in [9.17, 15) is 19.8 Å². The maximum absolute atomic E-state index is 13.2. The van der Waals surface area contributed by atoms with Gasteiger partial charge in [0.1, 0.15) is 6.10 Å². The number of esters is 1. The molecular formula is C52H97NO5. The second kappa shape index (κ2) is 46.2. The third-order valence-electron chi connectivity index (χ3n) is 11.5. The molecular weight excluding hydrogens is 719 g/mol. The summed E-state index contributed by atoms with van der Waals surface area (Å²) in [5, 5.41) is 23.8. The lowest BCUT2D eigenvalue weighted by atomic mass is 10.0. The molecule has 0 saturated carbocycles. The summed E-state index contributed by atoms with van der Waals surface area (Å²) in [4.78, 5) is 26.0. The molecule has 340 valence electrons. The number of carbonyl (C=O) groups excluding carboxylic acids is 2. The van der Waals surface area contributed by atoms with Gasteiger partial charge in [0, 0.05) is 6.42 Å². The quantitative estimate of drug-likeness (QED) is 0.0323. The number of aliphatic hydroxyl groups is 2. The Morgan fingerprint density at radius 2 is 0.931 bits per heavy atom. The maximum Gasteiger partial charge on any atom is 0.306 e. The molecule has 0 spiro atoms. The number of nitrogens with one attached hydrogen (secondary N) is 1. The van der Waals surface area contributed by atoms with Gasteiger partial charge in [-0.2, -0.15) is 0 Å². The number of hydrogen-bond donors (Lipinski definition) is 3. The van der Waals surface area contributed by atoms with Gasteiger partial charge in [0.05, 0.1) is 25.2 Å². The largest absolute Gasteiger partial charge is 0.462 e. The van der Waals surface area contributed by atoms with Crippen LogP contribution in [0.1, 0.15) is 258 Å². The molecule has 0 heterocycles. The van der Waals surface area contributed by atoms with Gasteiger partial charge in [-0.15, -0.1) is 0 Å². The van der Waals surface area contributed by atoms with Gasteiger partial charge in [0.2, 0.25) is 5.91 Å². The molecule has 0 aliphatic heterocycles. The number of carbonyl (C=O) groups is 2. The molecule has 0 radical (unpaired) electrons. The summed E-state index contributed by atoms with van der Waals surface area (Å²) < 4.78 is 5.91. The lowest BCUT2D eigenvalue weighted by Gasteiger charge is -2.24. The van der Waals surface area contributed by atoms with E-state index in [0.717, 1.165) is 89.9 Å². The maximum atomic E-state index is 13.2. The Morgan fingerprint density at radius 1 is 0.517 bits per heavy atom. The van der Waals surface area contributed by atoms with Crippen LogP contribution in [0.5, 0.6) is 0 Å². The predicted molar refractivity (Wildman–Crippen MR) is 250 cm³/mol. The first kappa shape index (κ1) is 56.1. The van der Waals surface area contributed by atoms with Crippen molar-refractivity contribution in [2.75, 3.05) is 6.61 Å². The number of ether oxygens (including phenoxy) is 1. The number of allylic oxidation sites excluding steroid dienone is 6. The van der Waals surface area contributed by atoms with Crippen molar-refractivity contribution in [3.8, 4) is 0 Å². The summed E-state index contributed by atoms with van der Waals surface area (Å²) in [7, 11) is 0. The van der Waals surface area contributed by atoms with Crippen molar-refractivity contribution >= 4 is 11.9 Å². The number of unbranched alkanes of at least 4 members (excludes halogenated alkanes) is 27. The Kier molecular flexibility index (Phi) is 44.6. The third-order valence-corrected chi connectivity index (χ3v) is 11.5. The standard InChI is InChI=1S/C52H97NO5/c1-4-7-10-13-16-19-22-24-26-28-30-32-35-38-41-44-50(55)49(47-54)53-51(56)46-48(58-52(57)45-42-39-36-33-21-18-15-12-9-6-3)43-40-37-34-31-29-27-25-23-20-17-14-11-8-5-2/h8,11,17,20,25,27,48-50,54-55H,4-7,9-10,12-16,18-19,21-24,26,28-47H2,1-3H3,(H,53,56)/b11-8+,20-17+,27-25+. The fourth-order valence-corrected chi connectivity index (χ4v) is 7.68. The van der Waals surface area contributed by atoms with E-state index >= 15 is 0 Å². The summed E-state index contributed by atoms with van der Waals surface area (Å²) in [6.45, 7) is 6.36.